The smallest absolute Gasteiger partial charge is 0.428 e. The van der Waals surface area contributed by atoms with Crippen molar-refractivity contribution in [3.8, 4) is 11.5 Å². The van der Waals surface area contributed by atoms with E-state index in [2.05, 4.69) is 16.0 Å². The van der Waals surface area contributed by atoms with E-state index in [4.69, 9.17) is 18.9 Å². The molecule has 9 heteroatoms. The molecule has 0 aliphatic heterocycles. The first-order valence-corrected chi connectivity index (χ1v) is 12.5. The fourth-order valence-corrected chi connectivity index (χ4v) is 3.14. The number of carbonyl (C=O) groups excluding carboxylic acids is 2. The fraction of sp³-hybridized carbons (Fsp3) is 0.500. The minimum atomic E-state index is -0.715. The van der Waals surface area contributed by atoms with E-state index in [0.29, 0.717) is 24.6 Å². The van der Waals surface area contributed by atoms with Gasteiger partial charge in [-0.2, -0.15) is 0 Å². The highest BCUT2D eigenvalue weighted by atomic mass is 16.7. The Morgan fingerprint density at radius 1 is 0.595 bits per heavy atom. The Morgan fingerprint density at radius 2 is 0.946 bits per heavy atom. The highest BCUT2D eigenvalue weighted by molar-refractivity contribution is 5.65. The molecule has 37 heavy (non-hydrogen) atoms. The molecule has 0 aromatic heterocycles. The van der Waals surface area contributed by atoms with E-state index in [1.54, 1.807) is 53.7 Å². The van der Waals surface area contributed by atoms with Crippen LogP contribution >= 0.6 is 0 Å². The lowest BCUT2D eigenvalue weighted by Gasteiger charge is -2.19. The summed E-state index contributed by atoms with van der Waals surface area (Å²) in [4.78, 5) is 24.0. The first-order chi connectivity index (χ1) is 17.4. The second-order valence-electron chi connectivity index (χ2n) is 10.5. The van der Waals surface area contributed by atoms with Crippen LogP contribution in [0.5, 0.6) is 11.5 Å². The molecule has 0 aliphatic rings. The number of carbonyl (C=O) groups is 2. The molecule has 0 amide bonds. The van der Waals surface area contributed by atoms with Crippen LogP contribution < -0.4 is 25.4 Å². The quantitative estimate of drug-likeness (QED) is 0.209. The minimum absolute atomic E-state index is 0.484. The van der Waals surface area contributed by atoms with Crippen molar-refractivity contribution in [2.75, 3.05) is 26.2 Å². The van der Waals surface area contributed by atoms with Crippen LogP contribution in [0.4, 0.5) is 9.59 Å². The number of para-hydroxylation sites is 2. The zero-order chi connectivity index (χ0) is 27.3. The van der Waals surface area contributed by atoms with Crippen LogP contribution in [0.15, 0.2) is 48.5 Å². The predicted octanol–water partition coefficient (Wildman–Crippen LogP) is 4.78. The van der Waals surface area contributed by atoms with Gasteiger partial charge in [0.2, 0.25) is 0 Å². The van der Waals surface area contributed by atoms with Crippen molar-refractivity contribution >= 4 is 12.3 Å². The normalized spacial score (nSPS) is 11.6. The van der Waals surface area contributed by atoms with E-state index in [1.165, 1.54) is 0 Å². The van der Waals surface area contributed by atoms with E-state index in [1.807, 2.05) is 36.4 Å². The van der Waals surface area contributed by atoms with Crippen molar-refractivity contribution in [3.05, 3.63) is 59.7 Å². The van der Waals surface area contributed by atoms with Gasteiger partial charge in [0.1, 0.15) is 22.7 Å². The Labute approximate surface area is 220 Å². The lowest BCUT2D eigenvalue weighted by molar-refractivity contribution is 0.0191. The molecule has 3 N–H and O–H groups in total. The topological polar surface area (TPSA) is 107 Å². The third-order valence-corrected chi connectivity index (χ3v) is 4.70. The van der Waals surface area contributed by atoms with E-state index >= 15 is 0 Å². The van der Waals surface area contributed by atoms with Gasteiger partial charge in [-0.15, -0.1) is 0 Å². The Hall–Kier alpha value is -3.14. The average Bonchev–Trinajstić information content (AvgIpc) is 2.77. The lowest BCUT2D eigenvalue weighted by atomic mass is 10.2. The minimum Gasteiger partial charge on any atom is -0.428 e. The summed E-state index contributed by atoms with van der Waals surface area (Å²) < 4.78 is 21.2. The Morgan fingerprint density at radius 3 is 1.32 bits per heavy atom. The highest BCUT2D eigenvalue weighted by Gasteiger charge is 2.20. The molecule has 0 spiro atoms. The molecule has 0 radical (unpaired) electrons. The van der Waals surface area contributed by atoms with Gasteiger partial charge < -0.3 is 34.9 Å². The summed E-state index contributed by atoms with van der Waals surface area (Å²) in [7, 11) is 0. The average molecular weight is 516 g/mol. The molecule has 204 valence electrons. The number of hydrogen-bond donors (Lipinski definition) is 3. The maximum absolute atomic E-state index is 12.0. The number of benzene rings is 2. The summed E-state index contributed by atoms with van der Waals surface area (Å²) in [5, 5.41) is 10.1. The Kier molecular flexibility index (Phi) is 11.8. The molecule has 0 bridgehead atoms. The van der Waals surface area contributed by atoms with E-state index in [-0.39, 0.29) is 0 Å². The van der Waals surface area contributed by atoms with Crippen molar-refractivity contribution in [2.45, 2.75) is 65.8 Å². The molecule has 0 heterocycles. The van der Waals surface area contributed by atoms with Gasteiger partial charge in [0, 0.05) is 50.4 Å². The van der Waals surface area contributed by atoms with E-state index in [9.17, 15) is 9.59 Å². The van der Waals surface area contributed by atoms with Crippen LogP contribution in [-0.2, 0) is 22.6 Å². The molecule has 0 saturated carbocycles. The van der Waals surface area contributed by atoms with Crippen molar-refractivity contribution < 1.29 is 28.5 Å². The molecule has 9 nitrogen and oxygen atoms in total. The number of rotatable bonds is 12. The van der Waals surface area contributed by atoms with E-state index in [0.717, 1.165) is 37.3 Å². The zero-order valence-electron chi connectivity index (χ0n) is 22.8. The van der Waals surface area contributed by atoms with Crippen LogP contribution in [0.1, 0.15) is 52.7 Å². The van der Waals surface area contributed by atoms with Crippen LogP contribution in [0.25, 0.3) is 0 Å². The summed E-state index contributed by atoms with van der Waals surface area (Å²) in [6, 6.07) is 14.8. The third-order valence-electron chi connectivity index (χ3n) is 4.70. The van der Waals surface area contributed by atoms with Crippen molar-refractivity contribution in [1.82, 2.24) is 16.0 Å². The molecular formula is C28H41N3O6. The second-order valence-corrected chi connectivity index (χ2v) is 10.5. The van der Waals surface area contributed by atoms with Crippen LogP contribution in [0.2, 0.25) is 0 Å². The summed E-state index contributed by atoms with van der Waals surface area (Å²) >= 11 is 0. The lowest BCUT2D eigenvalue weighted by Crippen LogP contribution is -2.32. The zero-order valence-corrected chi connectivity index (χ0v) is 22.8. The molecule has 0 aliphatic carbocycles. The van der Waals surface area contributed by atoms with Gasteiger partial charge in [-0.05, 0) is 53.7 Å². The molecule has 2 aromatic carbocycles. The molecule has 0 atom stereocenters. The summed E-state index contributed by atoms with van der Waals surface area (Å²) in [6.45, 7) is 14.9. The van der Waals surface area contributed by atoms with Crippen molar-refractivity contribution in [2.24, 2.45) is 0 Å². The molecule has 2 aromatic rings. The van der Waals surface area contributed by atoms with E-state index < -0.39 is 23.5 Å². The molecule has 0 unspecified atom stereocenters. The molecule has 0 fully saturated rings. The van der Waals surface area contributed by atoms with Crippen LogP contribution in [0.3, 0.4) is 0 Å². The van der Waals surface area contributed by atoms with Gasteiger partial charge in [-0.1, -0.05) is 36.4 Å². The second kappa shape index (κ2) is 14.6. The Bertz CT molecular complexity index is 918. The van der Waals surface area contributed by atoms with Gasteiger partial charge in [-0.3, -0.25) is 0 Å². The first kappa shape index (κ1) is 30.1. The highest BCUT2D eigenvalue weighted by Crippen LogP contribution is 2.21. The van der Waals surface area contributed by atoms with Crippen molar-refractivity contribution in [3.63, 3.8) is 0 Å². The maximum atomic E-state index is 12.0. The Balaban J connectivity index is 1.64. The fourth-order valence-electron chi connectivity index (χ4n) is 3.14. The number of hydrogen-bond acceptors (Lipinski definition) is 9. The first-order valence-electron chi connectivity index (χ1n) is 12.5. The van der Waals surface area contributed by atoms with Gasteiger partial charge >= 0.3 is 12.3 Å². The van der Waals surface area contributed by atoms with Gasteiger partial charge in [0.25, 0.3) is 0 Å². The number of ether oxygens (including phenoxy) is 4. The summed E-state index contributed by atoms with van der Waals surface area (Å²) in [6.07, 6.45) is -1.43. The van der Waals surface area contributed by atoms with Crippen molar-refractivity contribution in [1.29, 1.82) is 0 Å². The number of nitrogens with one attached hydrogen (secondary N) is 3. The SMILES string of the molecule is CC(C)(C)OC(=O)Oc1ccccc1CNCCNCCNCc1ccccc1OC(=O)OC(C)(C)C. The van der Waals surface area contributed by atoms with Gasteiger partial charge in [0.05, 0.1) is 0 Å². The standard InChI is InChI=1S/C28H41N3O6/c1-27(2,3)36-25(32)34-23-13-9-7-11-21(23)19-30-17-15-29-16-18-31-20-22-12-8-10-14-24(22)35-26(33)37-28(4,5)6/h7-14,29-31H,15-20H2,1-6H3. The van der Waals surface area contributed by atoms with Gasteiger partial charge in [0.15, 0.2) is 0 Å². The third kappa shape index (κ3) is 13.1. The maximum Gasteiger partial charge on any atom is 0.514 e. The predicted molar refractivity (Wildman–Crippen MR) is 143 cm³/mol. The van der Waals surface area contributed by atoms with Crippen LogP contribution in [0, 0.1) is 0 Å². The summed E-state index contributed by atoms with van der Waals surface area (Å²) in [5.41, 5.74) is 0.536. The van der Waals surface area contributed by atoms with Crippen LogP contribution in [-0.4, -0.2) is 49.7 Å². The summed E-state index contributed by atoms with van der Waals surface area (Å²) in [5.74, 6) is 0.967. The monoisotopic (exact) mass is 515 g/mol. The molecule has 2 rings (SSSR count). The largest absolute Gasteiger partial charge is 0.514 e. The molecule has 0 saturated heterocycles. The molecular weight excluding hydrogens is 474 g/mol. The van der Waals surface area contributed by atoms with Gasteiger partial charge in [-0.25, -0.2) is 9.59 Å².